The summed E-state index contributed by atoms with van der Waals surface area (Å²) in [6.07, 6.45) is -3.40. The Labute approximate surface area is 226 Å². The van der Waals surface area contributed by atoms with E-state index in [2.05, 4.69) is 0 Å². The second kappa shape index (κ2) is 13.9. The molecule has 0 radical (unpaired) electrons. The highest BCUT2D eigenvalue weighted by molar-refractivity contribution is 7.85. The van der Waals surface area contributed by atoms with E-state index >= 15 is 0 Å². The summed E-state index contributed by atoms with van der Waals surface area (Å²) in [5, 5.41) is 11.4. The molecule has 0 aliphatic heterocycles. The molecule has 0 saturated carbocycles. The third-order valence-electron chi connectivity index (χ3n) is 6.16. The maximum Gasteiger partial charge on any atom is 0.194 e. The van der Waals surface area contributed by atoms with Crippen LogP contribution < -0.4 is 0 Å². The van der Waals surface area contributed by atoms with E-state index in [1.54, 1.807) is 36.4 Å². The fourth-order valence-corrected chi connectivity index (χ4v) is 5.18. The number of benzene rings is 4. The number of Topliss-reactive ketones (excluding diaryl/α,β-unsaturated/α-hetero) is 1. The summed E-state index contributed by atoms with van der Waals surface area (Å²) in [6.45, 7) is 2.27. The SMILES string of the molecule is Cc1ccc(S(=O)C[C@H](O)[C@@H](OCc2ccccc2)[C@H](OCc2ccccc2)C(=O)c2ccccc2)cc1. The molecule has 4 rings (SSSR count). The van der Waals surface area contributed by atoms with Gasteiger partial charge >= 0.3 is 0 Å². The summed E-state index contributed by atoms with van der Waals surface area (Å²) in [4.78, 5) is 14.3. The van der Waals surface area contributed by atoms with Crippen LogP contribution in [0.25, 0.3) is 0 Å². The van der Waals surface area contributed by atoms with Crippen molar-refractivity contribution in [3.8, 4) is 0 Å². The number of hydrogen-bond acceptors (Lipinski definition) is 5. The zero-order valence-electron chi connectivity index (χ0n) is 21.3. The van der Waals surface area contributed by atoms with Gasteiger partial charge in [-0.05, 0) is 30.2 Å². The topological polar surface area (TPSA) is 72.8 Å². The first-order valence-electron chi connectivity index (χ1n) is 12.5. The lowest BCUT2D eigenvalue weighted by molar-refractivity contribution is -0.111. The zero-order valence-corrected chi connectivity index (χ0v) is 22.1. The van der Waals surface area contributed by atoms with Crippen molar-refractivity contribution in [2.75, 3.05) is 5.75 Å². The van der Waals surface area contributed by atoms with Crippen molar-refractivity contribution in [3.05, 3.63) is 138 Å². The number of aryl methyl sites for hydroxylation is 1. The number of rotatable bonds is 13. The molecule has 5 nitrogen and oxygen atoms in total. The summed E-state index contributed by atoms with van der Waals surface area (Å²) in [5.74, 6) is -0.407. The van der Waals surface area contributed by atoms with Crippen LogP contribution in [0.4, 0.5) is 0 Å². The molecule has 0 heterocycles. The molecule has 0 spiro atoms. The minimum atomic E-state index is -1.50. The molecule has 0 saturated heterocycles. The largest absolute Gasteiger partial charge is 0.389 e. The van der Waals surface area contributed by atoms with Crippen molar-refractivity contribution in [1.29, 1.82) is 0 Å². The second-order valence-corrected chi connectivity index (χ2v) is 10.6. The van der Waals surface area contributed by atoms with Crippen LogP contribution in [0.15, 0.2) is 120 Å². The van der Waals surface area contributed by atoms with Gasteiger partial charge in [-0.1, -0.05) is 109 Å². The highest BCUT2D eigenvalue weighted by Crippen LogP contribution is 2.21. The van der Waals surface area contributed by atoms with E-state index in [9.17, 15) is 14.1 Å². The van der Waals surface area contributed by atoms with Gasteiger partial charge < -0.3 is 14.6 Å². The molecule has 0 amide bonds. The molecular weight excluding hydrogens is 496 g/mol. The predicted molar refractivity (Wildman–Crippen MR) is 149 cm³/mol. The monoisotopic (exact) mass is 528 g/mol. The summed E-state index contributed by atoms with van der Waals surface area (Å²) < 4.78 is 25.6. The third-order valence-corrected chi connectivity index (χ3v) is 7.60. The second-order valence-electron chi connectivity index (χ2n) is 9.10. The van der Waals surface area contributed by atoms with Gasteiger partial charge in [0.2, 0.25) is 0 Å². The molecule has 196 valence electrons. The quantitative estimate of drug-likeness (QED) is 0.232. The first-order chi connectivity index (χ1) is 18.5. The first kappa shape index (κ1) is 27.6. The lowest BCUT2D eigenvalue weighted by atomic mass is 9.98. The third kappa shape index (κ3) is 7.79. The van der Waals surface area contributed by atoms with Crippen LogP contribution in [-0.4, -0.2) is 39.2 Å². The summed E-state index contributed by atoms with van der Waals surface area (Å²) in [6, 6.07) is 35.2. The maximum absolute atomic E-state index is 13.7. The molecule has 0 fully saturated rings. The van der Waals surface area contributed by atoms with Gasteiger partial charge in [0.15, 0.2) is 5.78 Å². The number of aliphatic hydroxyl groups excluding tert-OH is 1. The lowest BCUT2D eigenvalue weighted by Crippen LogP contribution is -2.47. The maximum atomic E-state index is 13.7. The Kier molecular flexibility index (Phi) is 10.1. The van der Waals surface area contributed by atoms with E-state index in [-0.39, 0.29) is 24.7 Å². The minimum Gasteiger partial charge on any atom is -0.389 e. The highest BCUT2D eigenvalue weighted by Gasteiger charge is 2.37. The molecule has 0 bridgehead atoms. The van der Waals surface area contributed by atoms with Crippen molar-refractivity contribution < 1.29 is 23.6 Å². The Hall–Kier alpha value is -3.42. The van der Waals surface area contributed by atoms with Crippen LogP contribution in [0.1, 0.15) is 27.0 Å². The smallest absolute Gasteiger partial charge is 0.194 e. The average Bonchev–Trinajstić information content (AvgIpc) is 2.96. The van der Waals surface area contributed by atoms with Crippen LogP contribution in [0.2, 0.25) is 0 Å². The molecule has 4 atom stereocenters. The zero-order chi connectivity index (χ0) is 26.7. The van der Waals surface area contributed by atoms with Crippen molar-refractivity contribution in [2.24, 2.45) is 0 Å². The standard InChI is InChI=1S/C32H32O5S/c1-24-17-19-28(20-18-24)38(35)23-29(33)31(36-21-25-11-5-2-6-12-25)32(30(34)27-15-9-4-10-16-27)37-22-26-13-7-3-8-14-26/h2-20,29,31-33H,21-23H2,1H3/t29-,31+,32+,38?/m0/s1. The van der Waals surface area contributed by atoms with Crippen LogP contribution in [0, 0.1) is 6.92 Å². The van der Waals surface area contributed by atoms with Crippen LogP contribution in [0.5, 0.6) is 0 Å². The Bertz CT molecular complexity index is 1290. The first-order valence-corrected chi connectivity index (χ1v) is 13.9. The highest BCUT2D eigenvalue weighted by atomic mass is 32.2. The fourth-order valence-electron chi connectivity index (χ4n) is 4.05. The van der Waals surface area contributed by atoms with E-state index in [0.29, 0.717) is 10.5 Å². The molecule has 0 aliphatic rings. The van der Waals surface area contributed by atoms with E-state index in [1.807, 2.05) is 85.8 Å². The number of ketones is 1. The van der Waals surface area contributed by atoms with Crippen LogP contribution >= 0.6 is 0 Å². The van der Waals surface area contributed by atoms with E-state index in [4.69, 9.17) is 9.47 Å². The molecule has 6 heteroatoms. The number of ether oxygens (including phenoxy) is 2. The Morgan fingerprint density at radius 2 is 1.24 bits per heavy atom. The molecule has 0 aromatic heterocycles. The molecule has 4 aromatic carbocycles. The number of carbonyl (C=O) groups excluding carboxylic acids is 1. The molecule has 4 aromatic rings. The number of aliphatic hydroxyl groups is 1. The van der Waals surface area contributed by atoms with Crippen LogP contribution in [0.3, 0.4) is 0 Å². The van der Waals surface area contributed by atoms with Gasteiger partial charge in [0.1, 0.15) is 12.2 Å². The average molecular weight is 529 g/mol. The minimum absolute atomic E-state index is 0.101. The number of hydrogen-bond donors (Lipinski definition) is 1. The fraction of sp³-hybridized carbons (Fsp3) is 0.219. The van der Waals surface area contributed by atoms with Gasteiger partial charge in [0.25, 0.3) is 0 Å². The molecule has 1 N–H and O–H groups in total. The van der Waals surface area contributed by atoms with E-state index in [0.717, 1.165) is 16.7 Å². The summed E-state index contributed by atoms with van der Waals surface area (Å²) in [7, 11) is -1.50. The summed E-state index contributed by atoms with van der Waals surface area (Å²) in [5.41, 5.74) is 3.28. The lowest BCUT2D eigenvalue weighted by Gasteiger charge is -2.30. The van der Waals surface area contributed by atoms with Gasteiger partial charge in [-0.25, -0.2) is 0 Å². The Balaban J connectivity index is 1.62. The van der Waals surface area contributed by atoms with Crippen molar-refractivity contribution in [3.63, 3.8) is 0 Å². The molecule has 0 aliphatic carbocycles. The van der Waals surface area contributed by atoms with Gasteiger partial charge in [0.05, 0.1) is 35.9 Å². The van der Waals surface area contributed by atoms with Crippen molar-refractivity contribution in [2.45, 2.75) is 43.3 Å². The Morgan fingerprint density at radius 1 is 0.737 bits per heavy atom. The Morgan fingerprint density at radius 3 is 1.79 bits per heavy atom. The molecule has 1 unspecified atom stereocenters. The predicted octanol–water partition coefficient (Wildman–Crippen LogP) is 5.52. The number of carbonyl (C=O) groups is 1. The summed E-state index contributed by atoms with van der Waals surface area (Å²) >= 11 is 0. The normalized spacial score (nSPS) is 14.4. The molecular formula is C32H32O5S. The van der Waals surface area contributed by atoms with E-state index < -0.39 is 29.1 Å². The molecule has 38 heavy (non-hydrogen) atoms. The van der Waals surface area contributed by atoms with E-state index in [1.165, 1.54) is 0 Å². The van der Waals surface area contributed by atoms with Crippen molar-refractivity contribution >= 4 is 16.6 Å². The van der Waals surface area contributed by atoms with Gasteiger partial charge in [-0.2, -0.15) is 0 Å². The van der Waals surface area contributed by atoms with Crippen LogP contribution in [-0.2, 0) is 33.5 Å². The van der Waals surface area contributed by atoms with Gasteiger partial charge in [-0.15, -0.1) is 0 Å². The van der Waals surface area contributed by atoms with Gasteiger partial charge in [-0.3, -0.25) is 9.00 Å². The van der Waals surface area contributed by atoms with Crippen molar-refractivity contribution in [1.82, 2.24) is 0 Å². The van der Waals surface area contributed by atoms with Gasteiger partial charge in [0, 0.05) is 10.5 Å².